The van der Waals surface area contributed by atoms with Crippen LogP contribution in [0.4, 0.5) is 51.3 Å². The third kappa shape index (κ3) is 15.0. The molecule has 24 heteroatoms. The second-order valence-electron chi connectivity index (χ2n) is 17.7. The average molecular weight is 1070 g/mol. The molecule has 4 aromatic carbocycles. The van der Waals surface area contributed by atoms with E-state index in [-0.39, 0.29) is 80.2 Å². The van der Waals surface area contributed by atoms with Gasteiger partial charge in [-0.3, -0.25) is 19.4 Å². The van der Waals surface area contributed by atoms with Gasteiger partial charge in [-0.05, 0) is 71.8 Å². The zero-order chi connectivity index (χ0) is 52.8. The van der Waals surface area contributed by atoms with Gasteiger partial charge < -0.3 is 44.7 Å². The fourth-order valence-electron chi connectivity index (χ4n) is 8.85. The Hall–Kier alpha value is -6.17. The number of ether oxygens (including phenoxy) is 4. The number of carbonyl (C=O) groups is 3. The molecule has 4 heterocycles. The summed E-state index contributed by atoms with van der Waals surface area (Å²) >= 11 is 11.8. The molecule has 4 saturated heterocycles. The molecular formula is C49H49Cl2F8N7O7. The number of fused-ring (bicyclic) bond motifs is 4. The van der Waals surface area contributed by atoms with Crippen LogP contribution >= 0.6 is 23.2 Å². The van der Waals surface area contributed by atoms with Crippen LogP contribution in [0.2, 0.25) is 10.0 Å². The van der Waals surface area contributed by atoms with Crippen molar-refractivity contribution in [2.24, 2.45) is 0 Å². The SMILES string of the molecule is CN(C)C(=O)Nc1cc(Cl)c(OC(F)(F)F)cc1/C=C/C(=O)N1C2COCC1CN(Cc1ccc(F)cc1)C2.Nc1cc(Cl)c(OC(F)(F)F)cc1/C=C/C(=O)N1C2COCC1CN(Cc1ccc(F)cc1)C2. The van der Waals surface area contributed by atoms with Crippen LogP contribution in [0.15, 0.2) is 84.9 Å². The molecule has 4 bridgehead atoms. The van der Waals surface area contributed by atoms with E-state index in [1.54, 1.807) is 34.1 Å². The first-order chi connectivity index (χ1) is 34.5. The van der Waals surface area contributed by atoms with E-state index < -0.39 is 30.3 Å². The summed E-state index contributed by atoms with van der Waals surface area (Å²) in [5, 5.41) is 1.90. The lowest BCUT2D eigenvalue weighted by molar-refractivity contribution is -0.275. The number of halogens is 10. The molecule has 14 nitrogen and oxygen atoms in total. The zero-order valence-electron chi connectivity index (χ0n) is 39.1. The highest BCUT2D eigenvalue weighted by Gasteiger charge is 2.42. The number of hydrogen-bond donors (Lipinski definition) is 2. The molecule has 4 aliphatic rings. The molecule has 0 saturated carbocycles. The number of amides is 4. The monoisotopic (exact) mass is 1070 g/mol. The van der Waals surface area contributed by atoms with E-state index >= 15 is 0 Å². The first-order valence-electron chi connectivity index (χ1n) is 22.5. The Morgan fingerprint density at radius 2 is 1.04 bits per heavy atom. The van der Waals surface area contributed by atoms with Gasteiger partial charge in [-0.25, -0.2) is 13.6 Å². The smallest absolute Gasteiger partial charge is 0.404 e. The van der Waals surface area contributed by atoms with Crippen LogP contribution in [0.25, 0.3) is 12.2 Å². The maximum Gasteiger partial charge on any atom is 0.573 e. The lowest BCUT2D eigenvalue weighted by atomic mass is 10.0. The van der Waals surface area contributed by atoms with E-state index in [9.17, 15) is 49.5 Å². The fourth-order valence-corrected chi connectivity index (χ4v) is 9.26. The summed E-state index contributed by atoms with van der Waals surface area (Å²) in [5.41, 5.74) is 8.26. The third-order valence-corrected chi connectivity index (χ3v) is 12.6. The molecule has 4 fully saturated rings. The number of rotatable bonds is 11. The van der Waals surface area contributed by atoms with Gasteiger partial charge in [-0.15, -0.1) is 26.3 Å². The molecular weight excluding hydrogens is 1020 g/mol. The summed E-state index contributed by atoms with van der Waals surface area (Å²) in [6, 6.07) is 15.4. The molecule has 392 valence electrons. The number of nitrogen functional groups attached to an aromatic ring is 1. The normalized spacial score (nSPS) is 20.4. The number of carbonyl (C=O) groups excluding carboxylic acids is 3. The van der Waals surface area contributed by atoms with Crippen LogP contribution < -0.4 is 20.5 Å². The molecule has 0 aromatic heterocycles. The number of nitrogens with zero attached hydrogens (tertiary/aromatic N) is 5. The second kappa shape index (κ2) is 23.4. The Morgan fingerprint density at radius 1 is 0.658 bits per heavy atom. The molecule has 0 radical (unpaired) electrons. The van der Waals surface area contributed by atoms with Gasteiger partial charge in [0, 0.05) is 82.3 Å². The Kier molecular flexibility index (Phi) is 17.5. The highest BCUT2D eigenvalue weighted by atomic mass is 35.5. The van der Waals surface area contributed by atoms with Gasteiger partial charge in [0.2, 0.25) is 11.8 Å². The maximum absolute atomic E-state index is 13.3. The number of morpholine rings is 2. The number of nitrogens with two attached hydrogens (primary N) is 1. The van der Waals surface area contributed by atoms with Crippen molar-refractivity contribution in [3.05, 3.63) is 129 Å². The van der Waals surface area contributed by atoms with E-state index in [1.165, 1.54) is 67.6 Å². The van der Waals surface area contributed by atoms with Crippen molar-refractivity contribution in [3.8, 4) is 11.5 Å². The molecule has 0 spiro atoms. The summed E-state index contributed by atoms with van der Waals surface area (Å²) < 4.78 is 122. The maximum atomic E-state index is 13.3. The molecule has 4 aromatic rings. The Morgan fingerprint density at radius 3 is 1.44 bits per heavy atom. The van der Waals surface area contributed by atoms with Crippen LogP contribution in [0.3, 0.4) is 0 Å². The Bertz CT molecular complexity index is 2650. The van der Waals surface area contributed by atoms with Crippen molar-refractivity contribution >= 4 is 64.6 Å². The number of nitrogens with one attached hydrogen (secondary N) is 1. The predicted octanol–water partition coefficient (Wildman–Crippen LogP) is 8.68. The van der Waals surface area contributed by atoms with Crippen molar-refractivity contribution in [2.75, 3.05) is 77.8 Å². The Balaban J connectivity index is 0.000000216. The van der Waals surface area contributed by atoms with Crippen LogP contribution in [0, 0.1) is 11.6 Å². The minimum absolute atomic E-state index is 0.0959. The van der Waals surface area contributed by atoms with E-state index in [0.29, 0.717) is 65.7 Å². The summed E-state index contributed by atoms with van der Waals surface area (Å²) in [7, 11) is 2.99. The lowest BCUT2D eigenvalue weighted by Crippen LogP contribution is -2.65. The van der Waals surface area contributed by atoms with E-state index in [0.717, 1.165) is 35.4 Å². The lowest BCUT2D eigenvalue weighted by Gasteiger charge is -2.49. The largest absolute Gasteiger partial charge is 0.573 e. The first-order valence-corrected chi connectivity index (χ1v) is 23.3. The quantitative estimate of drug-likeness (QED) is 0.0852. The minimum atomic E-state index is -4.99. The van der Waals surface area contributed by atoms with Crippen LogP contribution in [0.1, 0.15) is 22.3 Å². The first kappa shape index (κ1) is 54.6. The summed E-state index contributed by atoms with van der Waals surface area (Å²) in [4.78, 5) is 47.6. The van der Waals surface area contributed by atoms with Crippen molar-refractivity contribution < 1.29 is 68.5 Å². The van der Waals surface area contributed by atoms with Crippen molar-refractivity contribution in [1.82, 2.24) is 24.5 Å². The predicted molar refractivity (Wildman–Crippen MR) is 255 cm³/mol. The van der Waals surface area contributed by atoms with Crippen LogP contribution in [0.5, 0.6) is 11.5 Å². The van der Waals surface area contributed by atoms with Gasteiger partial charge in [0.1, 0.15) is 23.1 Å². The number of piperazine rings is 2. The van der Waals surface area contributed by atoms with Gasteiger partial charge in [0.05, 0.1) is 66.3 Å². The van der Waals surface area contributed by atoms with E-state index in [1.807, 2.05) is 0 Å². The summed E-state index contributed by atoms with van der Waals surface area (Å²) in [6.45, 7) is 4.78. The number of benzene rings is 4. The summed E-state index contributed by atoms with van der Waals surface area (Å²) in [5.74, 6) is -2.53. The number of urea groups is 1. The summed E-state index contributed by atoms with van der Waals surface area (Å²) in [6.07, 6.45) is -4.72. The van der Waals surface area contributed by atoms with Crippen molar-refractivity contribution in [2.45, 2.75) is 50.0 Å². The molecule has 0 aliphatic carbocycles. The topological polar surface area (TPSA) is 142 Å². The average Bonchev–Trinajstić information content (AvgIpc) is 3.30. The van der Waals surface area contributed by atoms with Crippen LogP contribution in [-0.4, -0.2) is 146 Å². The molecule has 4 atom stereocenters. The van der Waals surface area contributed by atoms with Gasteiger partial charge in [0.15, 0.2) is 0 Å². The molecule has 73 heavy (non-hydrogen) atoms. The van der Waals surface area contributed by atoms with Gasteiger partial charge in [-0.1, -0.05) is 47.5 Å². The third-order valence-electron chi connectivity index (χ3n) is 12.0. The van der Waals surface area contributed by atoms with Crippen molar-refractivity contribution in [1.29, 1.82) is 0 Å². The van der Waals surface area contributed by atoms with Gasteiger partial charge in [0.25, 0.3) is 0 Å². The van der Waals surface area contributed by atoms with Gasteiger partial charge >= 0.3 is 18.8 Å². The van der Waals surface area contributed by atoms with E-state index in [4.69, 9.17) is 38.4 Å². The molecule has 8 rings (SSSR count). The zero-order valence-corrected chi connectivity index (χ0v) is 40.6. The highest BCUT2D eigenvalue weighted by Crippen LogP contribution is 2.37. The highest BCUT2D eigenvalue weighted by molar-refractivity contribution is 6.33. The van der Waals surface area contributed by atoms with Crippen LogP contribution in [-0.2, 0) is 32.2 Å². The number of anilines is 2. The van der Waals surface area contributed by atoms with Crippen molar-refractivity contribution in [3.63, 3.8) is 0 Å². The molecule has 4 amide bonds. The number of alkyl halides is 6. The molecule has 3 N–H and O–H groups in total. The minimum Gasteiger partial charge on any atom is -0.404 e. The molecule has 4 aliphatic heterocycles. The Labute approximate surface area is 424 Å². The fraction of sp³-hybridized carbons (Fsp3) is 0.367. The number of hydrogen-bond acceptors (Lipinski definition) is 10. The second-order valence-corrected chi connectivity index (χ2v) is 18.5. The van der Waals surface area contributed by atoms with Gasteiger partial charge in [-0.2, -0.15) is 0 Å². The van der Waals surface area contributed by atoms with E-state index in [2.05, 4.69) is 24.6 Å². The molecule has 4 unspecified atom stereocenters. The standard InChI is InChI=1S/C26H27ClF4N4O4.C23H22ClF4N3O3/c1-33(2)25(37)32-22-10-21(27)23(39-26(29,30)31)9-17(22)5-8-24(36)35-19-12-34(13-20(35)15-38-14-19)11-16-3-6-18(28)7-4-16;24-19-8-20(29)15(7-21(19)34-23(26,27)28)3-6-22(32)31-17-10-30(11-18(31)13-33-12-17)9-14-1-4-16(25)5-2-14/h3-10,19-20H,11-15H2,1-2H3,(H,32,37);1-8,17-18H,9-13,29H2/b8-5+;6-3+.